The van der Waals surface area contributed by atoms with E-state index in [1.165, 1.54) is 0 Å². The molecule has 0 aliphatic carbocycles. The number of hydrogen-bond donors (Lipinski definition) is 1. The van der Waals surface area contributed by atoms with Crippen LogP contribution in [0.2, 0.25) is 0 Å². The molecule has 7 nitrogen and oxygen atoms in total. The highest BCUT2D eigenvalue weighted by molar-refractivity contribution is 5.78. The first kappa shape index (κ1) is 18.1. The molecule has 3 rings (SSSR count). The van der Waals surface area contributed by atoms with Crippen molar-refractivity contribution in [3.8, 4) is 0 Å². The lowest BCUT2D eigenvalue weighted by molar-refractivity contribution is -0.140. The number of likely N-dealkylation sites (tertiary alicyclic amines) is 1. The molecular formula is C18H29N5O2. The summed E-state index contributed by atoms with van der Waals surface area (Å²) in [5.41, 5.74) is -0.218. The third kappa shape index (κ3) is 4.46. The second-order valence-electron chi connectivity index (χ2n) is 7.56. The molecular weight excluding hydrogens is 318 g/mol. The maximum atomic E-state index is 12.6. The van der Waals surface area contributed by atoms with Gasteiger partial charge in [0.1, 0.15) is 5.82 Å². The Morgan fingerprint density at radius 2 is 2.36 bits per heavy atom. The first-order valence-electron chi connectivity index (χ1n) is 9.12. The maximum Gasteiger partial charge on any atom is 0.236 e. The second kappa shape index (κ2) is 7.66. The molecule has 138 valence electrons. The summed E-state index contributed by atoms with van der Waals surface area (Å²) < 4.78 is 6.18. The fraction of sp³-hybridized carbons (Fsp3) is 0.722. The molecule has 2 fully saturated rings. The van der Waals surface area contributed by atoms with Crippen LogP contribution in [-0.2, 0) is 9.53 Å². The molecule has 7 heteroatoms. The van der Waals surface area contributed by atoms with E-state index in [4.69, 9.17) is 4.74 Å². The third-order valence-corrected chi connectivity index (χ3v) is 5.28. The van der Waals surface area contributed by atoms with Crippen molar-refractivity contribution in [3.05, 3.63) is 18.6 Å². The van der Waals surface area contributed by atoms with Crippen LogP contribution in [0.1, 0.15) is 33.1 Å². The Hall–Kier alpha value is -1.73. The summed E-state index contributed by atoms with van der Waals surface area (Å²) in [6.45, 7) is 6.84. The number of piperidine rings is 1. The number of carbonyl (C=O) groups is 1. The van der Waals surface area contributed by atoms with Crippen molar-refractivity contribution < 1.29 is 9.53 Å². The van der Waals surface area contributed by atoms with E-state index in [0.717, 1.165) is 31.6 Å². The number of nitrogens with one attached hydrogen (secondary N) is 1. The highest BCUT2D eigenvalue weighted by atomic mass is 16.5. The van der Waals surface area contributed by atoms with Crippen LogP contribution in [0.15, 0.2) is 18.6 Å². The second-order valence-corrected chi connectivity index (χ2v) is 7.56. The molecule has 3 heterocycles. The predicted molar refractivity (Wildman–Crippen MR) is 96.3 cm³/mol. The SMILES string of the molecule is CC(C)N(C)CC(=O)N1CCCC2(CC(Nc3cnccn3)CO2)C1. The topological polar surface area (TPSA) is 70.6 Å². The molecule has 1 N–H and O–H groups in total. The van der Waals surface area contributed by atoms with E-state index in [2.05, 4.69) is 34.0 Å². The van der Waals surface area contributed by atoms with Gasteiger partial charge in [0.25, 0.3) is 0 Å². The molecule has 0 aromatic carbocycles. The van der Waals surface area contributed by atoms with Crippen molar-refractivity contribution in [3.63, 3.8) is 0 Å². The van der Waals surface area contributed by atoms with Gasteiger partial charge in [-0.25, -0.2) is 4.98 Å². The number of likely N-dealkylation sites (N-methyl/N-ethyl adjacent to an activating group) is 1. The molecule has 2 aliphatic heterocycles. The summed E-state index contributed by atoms with van der Waals surface area (Å²) >= 11 is 0. The summed E-state index contributed by atoms with van der Waals surface area (Å²) in [4.78, 5) is 25.0. The van der Waals surface area contributed by atoms with Crippen LogP contribution in [-0.4, -0.2) is 76.6 Å². The zero-order chi connectivity index (χ0) is 17.9. The van der Waals surface area contributed by atoms with Crippen LogP contribution < -0.4 is 5.32 Å². The molecule has 1 amide bonds. The Balaban J connectivity index is 1.56. The molecule has 2 atom stereocenters. The molecule has 0 radical (unpaired) electrons. The van der Waals surface area contributed by atoms with E-state index in [1.54, 1.807) is 18.6 Å². The molecule has 2 aliphatic rings. The van der Waals surface area contributed by atoms with Crippen molar-refractivity contribution >= 4 is 11.7 Å². The number of aromatic nitrogens is 2. The average Bonchev–Trinajstić information content (AvgIpc) is 2.97. The van der Waals surface area contributed by atoms with Crippen molar-refractivity contribution in [2.45, 2.75) is 50.8 Å². The van der Waals surface area contributed by atoms with Crippen LogP contribution in [0.5, 0.6) is 0 Å². The number of hydrogen-bond acceptors (Lipinski definition) is 6. The van der Waals surface area contributed by atoms with E-state index in [-0.39, 0.29) is 17.6 Å². The Labute approximate surface area is 149 Å². The van der Waals surface area contributed by atoms with Crippen LogP contribution in [0.25, 0.3) is 0 Å². The van der Waals surface area contributed by atoms with Gasteiger partial charge in [0.2, 0.25) is 5.91 Å². The summed E-state index contributed by atoms with van der Waals surface area (Å²) in [6.07, 6.45) is 7.97. The lowest BCUT2D eigenvalue weighted by Crippen LogP contribution is -2.52. The van der Waals surface area contributed by atoms with Crippen molar-refractivity contribution in [2.75, 3.05) is 38.6 Å². The maximum absolute atomic E-state index is 12.6. The summed E-state index contributed by atoms with van der Waals surface area (Å²) in [5.74, 6) is 0.972. The first-order valence-corrected chi connectivity index (χ1v) is 9.12. The van der Waals surface area contributed by atoms with Crippen LogP contribution in [0, 0.1) is 0 Å². The molecule has 0 saturated carbocycles. The summed E-state index contributed by atoms with van der Waals surface area (Å²) in [7, 11) is 2.00. The zero-order valence-corrected chi connectivity index (χ0v) is 15.4. The van der Waals surface area contributed by atoms with E-state index in [1.807, 2.05) is 11.9 Å². The first-order chi connectivity index (χ1) is 12.0. The predicted octanol–water partition coefficient (Wildman–Crippen LogP) is 1.38. The van der Waals surface area contributed by atoms with Crippen molar-refractivity contribution in [1.82, 2.24) is 19.8 Å². The number of nitrogens with zero attached hydrogens (tertiary/aromatic N) is 4. The minimum absolute atomic E-state index is 0.198. The summed E-state index contributed by atoms with van der Waals surface area (Å²) in [6, 6.07) is 0.580. The van der Waals surface area contributed by atoms with Crippen LogP contribution >= 0.6 is 0 Å². The number of anilines is 1. The minimum Gasteiger partial charge on any atom is -0.371 e. The van der Waals surface area contributed by atoms with Gasteiger partial charge in [0.15, 0.2) is 0 Å². The van der Waals surface area contributed by atoms with Gasteiger partial charge in [-0.15, -0.1) is 0 Å². The number of rotatable bonds is 5. The summed E-state index contributed by atoms with van der Waals surface area (Å²) in [5, 5.41) is 3.39. The van der Waals surface area contributed by atoms with Gasteiger partial charge in [0, 0.05) is 37.9 Å². The van der Waals surface area contributed by atoms with Crippen molar-refractivity contribution in [1.29, 1.82) is 0 Å². The van der Waals surface area contributed by atoms with Gasteiger partial charge in [0.05, 0.1) is 31.0 Å². The standard InChI is InChI=1S/C18H29N5O2/c1-14(2)22(3)11-17(24)23-8-4-5-18(13-23)9-15(12-25-18)21-16-10-19-6-7-20-16/h6-7,10,14-15H,4-5,8-9,11-13H2,1-3H3,(H,20,21). The number of carbonyl (C=O) groups excluding carboxylic acids is 1. The molecule has 1 aromatic rings. The van der Waals surface area contributed by atoms with Gasteiger partial charge in [-0.2, -0.15) is 0 Å². The Morgan fingerprint density at radius 3 is 3.08 bits per heavy atom. The Bertz CT molecular complexity index is 582. The van der Waals surface area contributed by atoms with E-state index < -0.39 is 0 Å². The molecule has 2 saturated heterocycles. The van der Waals surface area contributed by atoms with Crippen molar-refractivity contribution in [2.24, 2.45) is 0 Å². The molecule has 1 aromatic heterocycles. The third-order valence-electron chi connectivity index (χ3n) is 5.28. The Kier molecular flexibility index (Phi) is 5.54. The van der Waals surface area contributed by atoms with E-state index >= 15 is 0 Å². The average molecular weight is 347 g/mol. The van der Waals surface area contributed by atoms with Gasteiger partial charge >= 0.3 is 0 Å². The quantitative estimate of drug-likeness (QED) is 0.868. The van der Waals surface area contributed by atoms with E-state index in [9.17, 15) is 4.79 Å². The van der Waals surface area contributed by atoms with Crippen LogP contribution in [0.4, 0.5) is 5.82 Å². The van der Waals surface area contributed by atoms with E-state index in [0.29, 0.717) is 25.7 Å². The van der Waals surface area contributed by atoms with Gasteiger partial charge in [-0.1, -0.05) is 0 Å². The largest absolute Gasteiger partial charge is 0.371 e. The molecule has 1 spiro atoms. The monoisotopic (exact) mass is 347 g/mol. The lowest BCUT2D eigenvalue weighted by Gasteiger charge is -2.40. The fourth-order valence-corrected chi connectivity index (χ4v) is 3.61. The zero-order valence-electron chi connectivity index (χ0n) is 15.4. The smallest absolute Gasteiger partial charge is 0.236 e. The molecule has 25 heavy (non-hydrogen) atoms. The number of ether oxygens (including phenoxy) is 1. The minimum atomic E-state index is -0.218. The normalized spacial score (nSPS) is 26.6. The van der Waals surface area contributed by atoms with Gasteiger partial charge in [-0.05, 0) is 33.7 Å². The highest BCUT2D eigenvalue weighted by Crippen LogP contribution is 2.35. The van der Waals surface area contributed by atoms with Crippen LogP contribution in [0.3, 0.4) is 0 Å². The van der Waals surface area contributed by atoms with Gasteiger partial charge in [-0.3, -0.25) is 14.7 Å². The highest BCUT2D eigenvalue weighted by Gasteiger charge is 2.44. The number of amides is 1. The fourth-order valence-electron chi connectivity index (χ4n) is 3.61. The van der Waals surface area contributed by atoms with Gasteiger partial charge < -0.3 is 15.0 Å². The molecule has 2 unspecified atom stereocenters. The molecule has 0 bridgehead atoms. The lowest BCUT2D eigenvalue weighted by atomic mass is 9.88. The Morgan fingerprint density at radius 1 is 1.52 bits per heavy atom.